The van der Waals surface area contributed by atoms with E-state index in [0.717, 1.165) is 153 Å². The van der Waals surface area contributed by atoms with Crippen molar-refractivity contribution in [1.29, 1.82) is 0 Å². The van der Waals surface area contributed by atoms with Gasteiger partial charge in [0.15, 0.2) is 21.7 Å². The van der Waals surface area contributed by atoms with Crippen molar-refractivity contribution in [3.05, 3.63) is 201 Å². The van der Waals surface area contributed by atoms with Crippen molar-refractivity contribution in [2.45, 2.75) is 157 Å². The van der Waals surface area contributed by atoms with Gasteiger partial charge in [0.2, 0.25) is 0 Å². The summed E-state index contributed by atoms with van der Waals surface area (Å²) in [7, 11) is 0. The highest BCUT2D eigenvalue weighted by Gasteiger charge is 2.31. The number of nitrogens with zero attached hydrogens (tertiary/aromatic N) is 6. The molecule has 0 saturated heterocycles. The number of fused-ring (bicyclic) bond motifs is 4. The third-order valence-corrected chi connectivity index (χ3v) is 19.7. The Morgan fingerprint density at radius 3 is 1.34 bits per heavy atom. The molecule has 0 aliphatic carbocycles. The molecule has 0 bridgehead atoms. The molecule has 10 aromatic rings. The lowest BCUT2D eigenvalue weighted by atomic mass is 9.94. The lowest BCUT2D eigenvalue weighted by molar-refractivity contribution is -0.108. The zero-order valence-electron chi connectivity index (χ0n) is 59.5. The molecular weight excluding hydrogens is 1320 g/mol. The number of aliphatic hydroxyl groups excluding tert-OH is 1. The molecule has 0 spiro atoms. The first-order valence-electron chi connectivity index (χ1n) is 35.3. The minimum Gasteiger partial charge on any atom is -0.493 e. The number of para-hydroxylation sites is 2. The number of nitrogens with one attached hydrogen (secondary N) is 2. The fourth-order valence-electron chi connectivity index (χ4n) is 12.7. The van der Waals surface area contributed by atoms with Gasteiger partial charge in [0, 0.05) is 61.5 Å². The molecule has 18 nitrogen and oxygen atoms in total. The molecule has 12 rings (SSSR count). The summed E-state index contributed by atoms with van der Waals surface area (Å²) in [6.45, 7) is 18.7. The molecule has 102 heavy (non-hydrogen) atoms. The molecule has 2 amide bonds. The Bertz CT molecular complexity index is 4580. The number of thiazole rings is 2. The van der Waals surface area contributed by atoms with Crippen LogP contribution in [-0.4, -0.2) is 99.2 Å². The smallest absolute Gasteiger partial charge is 0.358 e. The summed E-state index contributed by atoms with van der Waals surface area (Å²) in [6, 6.07) is 46.8. The third kappa shape index (κ3) is 18.6. The Kier molecular flexibility index (Phi) is 24.2. The van der Waals surface area contributed by atoms with Crippen LogP contribution in [0.5, 0.6) is 11.5 Å². The summed E-state index contributed by atoms with van der Waals surface area (Å²) in [5, 5.41) is 16.1. The van der Waals surface area contributed by atoms with Gasteiger partial charge in [0.25, 0.3) is 11.8 Å². The number of esters is 2. The molecule has 4 aromatic heterocycles. The molecule has 0 saturated carbocycles. The van der Waals surface area contributed by atoms with Gasteiger partial charge in [0.05, 0.1) is 33.6 Å². The van der Waals surface area contributed by atoms with Crippen molar-refractivity contribution in [2.24, 2.45) is 0 Å². The maximum Gasteiger partial charge on any atom is 0.358 e. The van der Waals surface area contributed by atoms with E-state index in [1.54, 1.807) is 0 Å². The number of pyridine rings is 2. The van der Waals surface area contributed by atoms with E-state index in [-0.39, 0.29) is 29.8 Å². The number of rotatable bonds is 26. The van der Waals surface area contributed by atoms with Crippen molar-refractivity contribution in [3.8, 4) is 33.8 Å². The van der Waals surface area contributed by atoms with Crippen LogP contribution >= 0.6 is 22.7 Å². The van der Waals surface area contributed by atoms with Gasteiger partial charge in [-0.05, 0) is 211 Å². The van der Waals surface area contributed by atoms with Gasteiger partial charge in [-0.2, -0.15) is 0 Å². The fraction of sp³-hybridized carbons (Fsp3) is 0.354. The summed E-state index contributed by atoms with van der Waals surface area (Å²) in [6.07, 6.45) is 11.7. The van der Waals surface area contributed by atoms with Crippen molar-refractivity contribution in [3.63, 3.8) is 0 Å². The molecule has 2 aliphatic heterocycles. The van der Waals surface area contributed by atoms with E-state index in [1.165, 1.54) is 22.7 Å². The van der Waals surface area contributed by atoms with E-state index < -0.39 is 23.1 Å². The van der Waals surface area contributed by atoms with Crippen LogP contribution in [0, 0.1) is 13.8 Å². The van der Waals surface area contributed by atoms with Crippen LogP contribution in [-0.2, 0) is 40.2 Å². The second-order valence-corrected chi connectivity index (χ2v) is 29.7. The van der Waals surface area contributed by atoms with Gasteiger partial charge in [-0.25, -0.2) is 29.5 Å². The molecule has 530 valence electrons. The number of ether oxygens (including phenoxy) is 4. The normalized spacial score (nSPS) is 12.8. The SMILES string of the molecule is Cc1c(OCCCCCCC=O)cccc1-c1ccc(N2CCc3cccc(C(=O)Nc4nc5ccccc5s4)c3C2)nc1C(=O)OC(C)(C)C.Cc1c(OCCCCCCCO)cccc1-c1ccc(N2CCc3cccc(C(=O)Nc4nc5ccccc5s4)c3C2)nc1C(=O)OC(C)(C)C. The monoisotopic (exact) mass is 1410 g/mol. The first kappa shape index (κ1) is 73.3. The molecule has 6 heterocycles. The number of anilines is 4. The van der Waals surface area contributed by atoms with Crippen LogP contribution in [0.4, 0.5) is 21.9 Å². The Labute approximate surface area is 604 Å². The van der Waals surface area contributed by atoms with Gasteiger partial charge in [-0.1, -0.05) is 128 Å². The Morgan fingerprint density at radius 1 is 0.490 bits per heavy atom. The second-order valence-electron chi connectivity index (χ2n) is 27.7. The highest BCUT2D eigenvalue weighted by molar-refractivity contribution is 7.22. The van der Waals surface area contributed by atoms with Gasteiger partial charge in [-0.15, -0.1) is 0 Å². The van der Waals surface area contributed by atoms with Gasteiger partial charge >= 0.3 is 11.9 Å². The predicted molar refractivity (Wildman–Crippen MR) is 407 cm³/mol. The fourth-order valence-corrected chi connectivity index (χ4v) is 14.4. The van der Waals surface area contributed by atoms with Gasteiger partial charge in [0.1, 0.15) is 40.6 Å². The molecule has 2 aliphatic rings. The van der Waals surface area contributed by atoms with Crippen LogP contribution in [0.2, 0.25) is 0 Å². The number of aldehydes is 1. The number of hydrogen-bond donors (Lipinski definition) is 3. The number of carbonyl (C=O) groups is 5. The lowest BCUT2D eigenvalue weighted by Crippen LogP contribution is -2.33. The number of unbranched alkanes of at least 4 members (excludes halogenated alkanes) is 8. The molecular formula is C82H90N8O10S2. The average molecular weight is 1410 g/mol. The average Bonchev–Trinajstić information content (AvgIpc) is 0.928. The molecule has 0 radical (unpaired) electrons. The van der Waals surface area contributed by atoms with E-state index in [1.807, 2.05) is 189 Å². The van der Waals surface area contributed by atoms with Crippen LogP contribution in [0.15, 0.2) is 146 Å². The van der Waals surface area contributed by atoms with Crippen LogP contribution in [0.3, 0.4) is 0 Å². The number of carbonyl (C=O) groups excluding carboxylic acids is 5. The topological polar surface area (TPSA) is 225 Å². The summed E-state index contributed by atoms with van der Waals surface area (Å²) < 4.78 is 26.1. The van der Waals surface area contributed by atoms with E-state index >= 15 is 0 Å². The van der Waals surface area contributed by atoms with Crippen LogP contribution in [0.1, 0.15) is 181 Å². The number of aromatic nitrogens is 4. The number of aliphatic hydroxyl groups is 1. The molecule has 0 atom stereocenters. The highest BCUT2D eigenvalue weighted by atomic mass is 32.1. The summed E-state index contributed by atoms with van der Waals surface area (Å²) in [5.41, 5.74) is 10.9. The first-order valence-corrected chi connectivity index (χ1v) is 36.9. The zero-order valence-corrected chi connectivity index (χ0v) is 61.1. The Morgan fingerprint density at radius 2 is 0.912 bits per heavy atom. The quantitative estimate of drug-likeness (QED) is 0.0260. The van der Waals surface area contributed by atoms with Gasteiger partial charge < -0.3 is 38.6 Å². The first-order chi connectivity index (χ1) is 49.2. The summed E-state index contributed by atoms with van der Waals surface area (Å²) >= 11 is 2.90. The second kappa shape index (κ2) is 33.7. The maximum absolute atomic E-state index is 13.8. The summed E-state index contributed by atoms with van der Waals surface area (Å²) in [4.78, 5) is 88.7. The lowest BCUT2D eigenvalue weighted by Gasteiger charge is -2.31. The standard InChI is InChI=1S/C41H46N4O5S.C41H44N4O5S/c2*1-27-29(15-13-18-34(27)49-25-11-7-5-6-10-24-46)30-20-21-36(43-37(30)39(48)50-41(2,3)4)45-23-22-28-14-12-16-31(32(28)26-45)38(47)44-40-42-33-17-8-9-19-35(33)51-40/h8-9,12-21,46H,5-7,10-11,22-26H2,1-4H3,(H,42,44,47);8-9,12-21,24H,5-7,10-11,22-23,25-26H2,1-4H3,(H,42,44,47). The van der Waals surface area contributed by atoms with E-state index in [4.69, 9.17) is 34.0 Å². The van der Waals surface area contributed by atoms with E-state index in [9.17, 15) is 24.0 Å². The minimum atomic E-state index is -0.715. The Hall–Kier alpha value is -9.89. The molecule has 6 aromatic carbocycles. The predicted octanol–water partition coefficient (Wildman–Crippen LogP) is 17.7. The number of hydrogen-bond acceptors (Lipinski definition) is 18. The van der Waals surface area contributed by atoms with Crippen LogP contribution < -0.4 is 29.9 Å². The van der Waals surface area contributed by atoms with Crippen molar-refractivity contribution in [1.82, 2.24) is 19.9 Å². The molecule has 20 heteroatoms. The Balaban J connectivity index is 0.000000205. The largest absolute Gasteiger partial charge is 0.493 e. The number of benzene rings is 6. The molecule has 0 fully saturated rings. The van der Waals surface area contributed by atoms with Crippen LogP contribution in [0.25, 0.3) is 42.7 Å². The molecule has 0 unspecified atom stereocenters. The maximum atomic E-state index is 13.8. The van der Waals surface area contributed by atoms with E-state index in [0.29, 0.717) is 90.0 Å². The van der Waals surface area contributed by atoms with Crippen molar-refractivity contribution < 1.29 is 48.0 Å². The minimum absolute atomic E-state index is 0.204. The highest BCUT2D eigenvalue weighted by Crippen LogP contribution is 2.39. The van der Waals surface area contributed by atoms with E-state index in [2.05, 4.69) is 42.5 Å². The van der Waals surface area contributed by atoms with Crippen molar-refractivity contribution >= 4 is 95.0 Å². The molecule has 3 N–H and O–H groups in total. The number of amides is 2. The van der Waals surface area contributed by atoms with Gasteiger partial charge in [-0.3, -0.25) is 20.2 Å². The third-order valence-electron chi connectivity index (χ3n) is 17.8. The summed E-state index contributed by atoms with van der Waals surface area (Å²) in [5.74, 6) is 1.38. The zero-order chi connectivity index (χ0) is 71.9. The van der Waals surface area contributed by atoms with Crippen molar-refractivity contribution in [2.75, 3.05) is 53.3 Å².